The minimum absolute atomic E-state index is 0.0381. The molecule has 1 saturated carbocycles. The van der Waals surface area contributed by atoms with Crippen molar-refractivity contribution < 1.29 is 14.5 Å². The number of nitrogens with zero attached hydrogens (tertiary/aromatic N) is 2. The fourth-order valence-corrected chi connectivity index (χ4v) is 4.05. The highest BCUT2D eigenvalue weighted by molar-refractivity contribution is 5.96. The first kappa shape index (κ1) is 17.5. The Balaban J connectivity index is 1.71. The van der Waals surface area contributed by atoms with E-state index in [1.807, 2.05) is 17.0 Å². The molecular formula is C21H22N2O4. The van der Waals surface area contributed by atoms with E-state index in [0.717, 1.165) is 32.1 Å². The topological polar surface area (TPSA) is 72.7 Å². The minimum atomic E-state index is -0.507. The highest BCUT2D eigenvalue weighted by atomic mass is 16.6. The first-order chi connectivity index (χ1) is 13.1. The Morgan fingerprint density at radius 3 is 2.67 bits per heavy atom. The number of aryl methyl sites for hydroxylation is 1. The van der Waals surface area contributed by atoms with Crippen LogP contribution in [-0.4, -0.2) is 28.9 Å². The van der Waals surface area contributed by atoms with Gasteiger partial charge in [0, 0.05) is 17.7 Å². The summed E-state index contributed by atoms with van der Waals surface area (Å²) in [6, 6.07) is 13.0. The molecule has 1 amide bonds. The van der Waals surface area contributed by atoms with Crippen molar-refractivity contribution in [3.05, 3.63) is 69.3 Å². The van der Waals surface area contributed by atoms with Crippen LogP contribution in [0.4, 0.5) is 5.69 Å². The zero-order valence-electron chi connectivity index (χ0n) is 15.3. The number of carbonyl (C=O) groups excluding carboxylic acids is 1. The van der Waals surface area contributed by atoms with Gasteiger partial charge in [-0.25, -0.2) is 0 Å². The van der Waals surface area contributed by atoms with Gasteiger partial charge in [0.2, 0.25) is 0 Å². The molecule has 0 aliphatic heterocycles. The SMILES string of the molecule is COc1ccc(C(=O)N(C2CC2)C2CCCc3ccccc32)cc1[N+](=O)[O-]. The van der Waals surface area contributed by atoms with Gasteiger partial charge < -0.3 is 9.64 Å². The molecule has 0 spiro atoms. The molecule has 2 aliphatic carbocycles. The van der Waals surface area contributed by atoms with Crippen LogP contribution in [0.1, 0.15) is 53.2 Å². The normalized spacial score (nSPS) is 18.5. The van der Waals surface area contributed by atoms with E-state index in [1.165, 1.54) is 30.4 Å². The first-order valence-electron chi connectivity index (χ1n) is 9.33. The Bertz CT molecular complexity index is 892. The Morgan fingerprint density at radius 1 is 1.19 bits per heavy atom. The standard InChI is InChI=1S/C21H22N2O4/c1-27-20-12-9-15(13-19(20)23(25)26)21(24)22(16-10-11-16)18-8-4-6-14-5-2-3-7-17(14)18/h2-3,5,7,9,12-13,16,18H,4,6,8,10-11H2,1H3. The molecule has 0 N–H and O–H groups in total. The van der Waals surface area contributed by atoms with E-state index in [-0.39, 0.29) is 29.4 Å². The van der Waals surface area contributed by atoms with Gasteiger partial charge in [0.15, 0.2) is 5.75 Å². The number of ether oxygens (including phenoxy) is 1. The molecular weight excluding hydrogens is 344 g/mol. The highest BCUT2D eigenvalue weighted by Crippen LogP contribution is 2.42. The van der Waals surface area contributed by atoms with Crippen LogP contribution < -0.4 is 4.74 Å². The van der Waals surface area contributed by atoms with Gasteiger partial charge in [-0.15, -0.1) is 0 Å². The summed E-state index contributed by atoms with van der Waals surface area (Å²) in [7, 11) is 1.39. The Kier molecular flexibility index (Phi) is 4.56. The number of benzene rings is 2. The van der Waals surface area contributed by atoms with Crippen LogP contribution in [0.25, 0.3) is 0 Å². The number of nitro groups is 1. The lowest BCUT2D eigenvalue weighted by Gasteiger charge is -2.36. The van der Waals surface area contributed by atoms with Crippen molar-refractivity contribution >= 4 is 11.6 Å². The van der Waals surface area contributed by atoms with E-state index >= 15 is 0 Å². The van der Waals surface area contributed by atoms with Gasteiger partial charge in [0.1, 0.15) is 0 Å². The molecule has 1 atom stereocenters. The van der Waals surface area contributed by atoms with Gasteiger partial charge in [-0.1, -0.05) is 24.3 Å². The zero-order valence-corrected chi connectivity index (χ0v) is 15.3. The Morgan fingerprint density at radius 2 is 1.96 bits per heavy atom. The van der Waals surface area contributed by atoms with E-state index in [1.54, 1.807) is 6.07 Å². The van der Waals surface area contributed by atoms with Crippen LogP contribution in [0.3, 0.4) is 0 Å². The summed E-state index contributed by atoms with van der Waals surface area (Å²) in [5.74, 6) is 0.0301. The molecule has 1 unspecified atom stereocenters. The van der Waals surface area contributed by atoms with Crippen LogP contribution >= 0.6 is 0 Å². The van der Waals surface area contributed by atoms with E-state index in [4.69, 9.17) is 4.74 Å². The number of hydrogen-bond acceptors (Lipinski definition) is 4. The van der Waals surface area contributed by atoms with Crippen molar-refractivity contribution in [3.8, 4) is 5.75 Å². The summed E-state index contributed by atoms with van der Waals surface area (Å²) in [5, 5.41) is 11.3. The van der Waals surface area contributed by atoms with Gasteiger partial charge in [-0.2, -0.15) is 0 Å². The van der Waals surface area contributed by atoms with Crippen molar-refractivity contribution in [3.63, 3.8) is 0 Å². The maximum Gasteiger partial charge on any atom is 0.311 e. The molecule has 0 bridgehead atoms. The molecule has 27 heavy (non-hydrogen) atoms. The predicted molar refractivity (Wildman–Crippen MR) is 101 cm³/mol. The van der Waals surface area contributed by atoms with Crippen LogP contribution in [0.5, 0.6) is 5.75 Å². The monoisotopic (exact) mass is 366 g/mol. The summed E-state index contributed by atoms with van der Waals surface area (Å²) in [5.41, 5.74) is 2.68. The van der Waals surface area contributed by atoms with Crippen LogP contribution in [0, 0.1) is 10.1 Å². The zero-order chi connectivity index (χ0) is 19.0. The number of rotatable bonds is 5. The van der Waals surface area contributed by atoms with Crippen molar-refractivity contribution in [2.75, 3.05) is 7.11 Å². The number of hydrogen-bond donors (Lipinski definition) is 0. The number of amides is 1. The number of methoxy groups -OCH3 is 1. The van der Waals surface area contributed by atoms with Gasteiger partial charge in [0.25, 0.3) is 5.91 Å². The average molecular weight is 366 g/mol. The van der Waals surface area contributed by atoms with Crippen molar-refractivity contribution in [1.82, 2.24) is 4.90 Å². The molecule has 2 aromatic carbocycles. The third-order valence-electron chi connectivity index (χ3n) is 5.47. The first-order valence-corrected chi connectivity index (χ1v) is 9.33. The smallest absolute Gasteiger partial charge is 0.311 e. The quantitative estimate of drug-likeness (QED) is 0.585. The van der Waals surface area contributed by atoms with E-state index in [9.17, 15) is 14.9 Å². The largest absolute Gasteiger partial charge is 0.490 e. The number of carbonyl (C=O) groups is 1. The maximum absolute atomic E-state index is 13.4. The maximum atomic E-state index is 13.4. The van der Waals surface area contributed by atoms with Crippen LogP contribution in [0.15, 0.2) is 42.5 Å². The van der Waals surface area contributed by atoms with Crippen LogP contribution in [0.2, 0.25) is 0 Å². The molecule has 0 heterocycles. The summed E-state index contributed by atoms with van der Waals surface area (Å²) >= 11 is 0. The summed E-state index contributed by atoms with van der Waals surface area (Å²) in [4.78, 5) is 26.2. The van der Waals surface area contributed by atoms with Crippen molar-refractivity contribution in [2.24, 2.45) is 0 Å². The van der Waals surface area contributed by atoms with E-state index < -0.39 is 4.92 Å². The fourth-order valence-electron chi connectivity index (χ4n) is 4.05. The average Bonchev–Trinajstić information content (AvgIpc) is 3.52. The Hall–Kier alpha value is -2.89. The second-order valence-electron chi connectivity index (χ2n) is 7.19. The predicted octanol–water partition coefficient (Wildman–Crippen LogP) is 4.29. The molecule has 0 saturated heterocycles. The lowest BCUT2D eigenvalue weighted by atomic mass is 9.86. The van der Waals surface area contributed by atoms with Crippen molar-refractivity contribution in [1.29, 1.82) is 0 Å². The van der Waals surface area contributed by atoms with Gasteiger partial charge >= 0.3 is 5.69 Å². The van der Waals surface area contributed by atoms with E-state index in [2.05, 4.69) is 12.1 Å². The molecule has 2 aromatic rings. The van der Waals surface area contributed by atoms with Gasteiger partial charge in [-0.05, 0) is 55.4 Å². The molecule has 6 nitrogen and oxygen atoms in total. The molecule has 6 heteroatoms. The van der Waals surface area contributed by atoms with E-state index in [0.29, 0.717) is 5.56 Å². The lowest BCUT2D eigenvalue weighted by molar-refractivity contribution is -0.385. The minimum Gasteiger partial charge on any atom is -0.490 e. The second-order valence-corrected chi connectivity index (χ2v) is 7.19. The van der Waals surface area contributed by atoms with Crippen molar-refractivity contribution in [2.45, 2.75) is 44.2 Å². The molecule has 0 aromatic heterocycles. The number of fused-ring (bicyclic) bond motifs is 1. The molecule has 0 radical (unpaired) electrons. The third-order valence-corrected chi connectivity index (χ3v) is 5.47. The highest BCUT2D eigenvalue weighted by Gasteiger charge is 2.40. The summed E-state index contributed by atoms with van der Waals surface area (Å²) in [6.45, 7) is 0. The molecule has 1 fully saturated rings. The van der Waals surface area contributed by atoms with Gasteiger partial charge in [-0.3, -0.25) is 14.9 Å². The second kappa shape index (κ2) is 7.02. The summed E-state index contributed by atoms with van der Waals surface area (Å²) < 4.78 is 5.06. The summed E-state index contributed by atoms with van der Waals surface area (Å²) in [6.07, 6.45) is 4.98. The lowest BCUT2D eigenvalue weighted by Crippen LogP contribution is -2.38. The van der Waals surface area contributed by atoms with Gasteiger partial charge in [0.05, 0.1) is 18.1 Å². The Labute approximate surface area is 157 Å². The molecule has 4 rings (SSSR count). The van der Waals surface area contributed by atoms with Crippen LogP contribution in [-0.2, 0) is 6.42 Å². The molecule has 2 aliphatic rings. The fraction of sp³-hybridized carbons (Fsp3) is 0.381. The third kappa shape index (κ3) is 3.27. The molecule has 140 valence electrons. The number of nitro benzene ring substituents is 1.